The van der Waals surface area contributed by atoms with E-state index in [1.807, 2.05) is 56.0 Å². The second kappa shape index (κ2) is 8.05. The van der Waals surface area contributed by atoms with Crippen LogP contribution >= 0.6 is 0 Å². The first-order valence-electron chi connectivity index (χ1n) is 11.1. The lowest BCUT2D eigenvalue weighted by Crippen LogP contribution is -2.27. The van der Waals surface area contributed by atoms with Gasteiger partial charge in [-0.05, 0) is 57.4 Å². The van der Waals surface area contributed by atoms with Crippen LogP contribution in [0, 0.1) is 0 Å². The summed E-state index contributed by atoms with van der Waals surface area (Å²) in [4.78, 5) is 16.4. The van der Waals surface area contributed by atoms with Crippen LogP contribution in [0.5, 0.6) is 5.75 Å². The van der Waals surface area contributed by atoms with Crippen molar-refractivity contribution in [2.24, 2.45) is 0 Å². The summed E-state index contributed by atoms with van der Waals surface area (Å²) >= 11 is 0. The van der Waals surface area contributed by atoms with Gasteiger partial charge >= 0.3 is 6.09 Å². The molecule has 0 bridgehead atoms. The van der Waals surface area contributed by atoms with E-state index in [2.05, 4.69) is 20.5 Å². The summed E-state index contributed by atoms with van der Waals surface area (Å²) in [5.41, 5.74) is 10.3. The average molecular weight is 462 g/mol. The van der Waals surface area contributed by atoms with Crippen molar-refractivity contribution in [2.45, 2.75) is 45.3 Å². The maximum Gasteiger partial charge on any atom is 0.412 e. The van der Waals surface area contributed by atoms with Crippen LogP contribution in [0.4, 0.5) is 16.3 Å². The Morgan fingerprint density at radius 1 is 1.18 bits per heavy atom. The van der Waals surface area contributed by atoms with E-state index in [1.165, 1.54) is 6.33 Å². The normalized spacial score (nSPS) is 13.8. The first-order chi connectivity index (χ1) is 16.2. The molecule has 4 aromatic rings. The summed E-state index contributed by atoms with van der Waals surface area (Å²) in [5, 5.41) is 11.7. The maximum absolute atomic E-state index is 12.3. The van der Waals surface area contributed by atoms with Crippen molar-refractivity contribution >= 4 is 23.1 Å². The minimum Gasteiger partial charge on any atom is -0.495 e. The summed E-state index contributed by atoms with van der Waals surface area (Å²) in [6.07, 6.45) is 7.07. The molecule has 34 heavy (non-hydrogen) atoms. The van der Waals surface area contributed by atoms with Gasteiger partial charge in [-0.1, -0.05) is 6.07 Å². The molecule has 3 N–H and O–H groups in total. The standard InChI is InChI=1S/C24H27N7O3/c1-24(2,3)34-23(32)29-18-8-5-14(9-20(18)33-4)17-10-19(31-21(17)22(25)26-13-28-31)15-11-27-30(12-15)16-6-7-16/h5,8-13,16H,6-7H2,1-4H3,(H,29,32)(H2,25,26,28). The number of amides is 1. The second-order valence-electron chi connectivity index (χ2n) is 9.33. The number of aromatic nitrogens is 5. The molecule has 1 aliphatic rings. The molecule has 3 aromatic heterocycles. The van der Waals surface area contributed by atoms with Gasteiger partial charge in [0, 0.05) is 17.3 Å². The maximum atomic E-state index is 12.3. The number of ether oxygens (including phenoxy) is 2. The fraction of sp³-hybridized carbons (Fsp3) is 0.333. The Labute approximate surface area is 196 Å². The molecule has 10 nitrogen and oxygen atoms in total. The number of nitrogen functional groups attached to an aromatic ring is 1. The number of rotatable bonds is 5. The topological polar surface area (TPSA) is 122 Å². The summed E-state index contributed by atoms with van der Waals surface area (Å²) in [6.45, 7) is 5.43. The number of hydrogen-bond donors (Lipinski definition) is 2. The highest BCUT2D eigenvalue weighted by Gasteiger charge is 2.25. The second-order valence-corrected chi connectivity index (χ2v) is 9.33. The Hall–Kier alpha value is -4.08. The summed E-state index contributed by atoms with van der Waals surface area (Å²) in [7, 11) is 1.55. The number of fused-ring (bicyclic) bond motifs is 1. The van der Waals surface area contributed by atoms with E-state index in [-0.39, 0.29) is 0 Å². The predicted octanol–water partition coefficient (Wildman–Crippen LogP) is 4.53. The van der Waals surface area contributed by atoms with E-state index < -0.39 is 11.7 Å². The molecule has 10 heteroatoms. The van der Waals surface area contributed by atoms with Crippen molar-refractivity contribution in [1.29, 1.82) is 0 Å². The van der Waals surface area contributed by atoms with Gasteiger partial charge in [0.15, 0.2) is 5.82 Å². The average Bonchev–Trinajstić information content (AvgIpc) is 3.37. The van der Waals surface area contributed by atoms with Crippen molar-refractivity contribution < 1.29 is 14.3 Å². The Kier molecular flexibility index (Phi) is 5.15. The summed E-state index contributed by atoms with van der Waals surface area (Å²) in [5.74, 6) is 0.849. The van der Waals surface area contributed by atoms with Gasteiger partial charge in [-0.25, -0.2) is 14.3 Å². The van der Waals surface area contributed by atoms with E-state index in [9.17, 15) is 4.79 Å². The Bertz CT molecular complexity index is 1380. The van der Waals surface area contributed by atoms with Crippen molar-refractivity contribution in [3.05, 3.63) is 43.0 Å². The molecular formula is C24H27N7O3. The molecule has 0 spiro atoms. The van der Waals surface area contributed by atoms with Gasteiger partial charge in [-0.2, -0.15) is 10.2 Å². The van der Waals surface area contributed by atoms with E-state index in [0.29, 0.717) is 28.8 Å². The smallest absolute Gasteiger partial charge is 0.412 e. The van der Waals surface area contributed by atoms with Gasteiger partial charge in [0.1, 0.15) is 23.2 Å². The van der Waals surface area contributed by atoms with E-state index in [1.54, 1.807) is 17.7 Å². The largest absolute Gasteiger partial charge is 0.495 e. The van der Waals surface area contributed by atoms with Crippen LogP contribution in [0.15, 0.2) is 43.0 Å². The van der Waals surface area contributed by atoms with Crippen molar-refractivity contribution in [1.82, 2.24) is 24.4 Å². The highest BCUT2D eigenvalue weighted by molar-refractivity contribution is 5.94. The molecule has 176 valence electrons. The van der Waals surface area contributed by atoms with Crippen LogP contribution < -0.4 is 15.8 Å². The third-order valence-electron chi connectivity index (χ3n) is 5.55. The molecule has 1 aromatic carbocycles. The number of nitrogens with one attached hydrogen (secondary N) is 1. The number of nitrogens with two attached hydrogens (primary N) is 1. The fourth-order valence-electron chi connectivity index (χ4n) is 3.88. The van der Waals surface area contributed by atoms with Crippen molar-refractivity contribution in [2.75, 3.05) is 18.2 Å². The molecule has 3 heterocycles. The minimum atomic E-state index is -0.607. The molecule has 0 unspecified atom stereocenters. The molecule has 0 aliphatic heterocycles. The van der Waals surface area contributed by atoms with Gasteiger partial charge in [-0.3, -0.25) is 10.00 Å². The van der Waals surface area contributed by atoms with E-state index in [0.717, 1.165) is 35.2 Å². The third kappa shape index (κ3) is 4.14. The van der Waals surface area contributed by atoms with Gasteiger partial charge in [0.2, 0.25) is 0 Å². The quantitative estimate of drug-likeness (QED) is 0.448. The van der Waals surface area contributed by atoms with E-state index in [4.69, 9.17) is 15.2 Å². The lowest BCUT2D eigenvalue weighted by molar-refractivity contribution is 0.0635. The number of carbonyl (C=O) groups is 1. The summed E-state index contributed by atoms with van der Waals surface area (Å²) < 4.78 is 14.7. The number of methoxy groups -OCH3 is 1. The lowest BCUT2D eigenvalue weighted by atomic mass is 10.1. The first-order valence-corrected chi connectivity index (χ1v) is 11.1. The zero-order chi connectivity index (χ0) is 24.0. The number of hydrogen-bond acceptors (Lipinski definition) is 7. The predicted molar refractivity (Wildman–Crippen MR) is 129 cm³/mol. The number of nitrogens with zero attached hydrogens (tertiary/aromatic N) is 5. The number of benzene rings is 1. The lowest BCUT2D eigenvalue weighted by Gasteiger charge is -2.20. The molecular weight excluding hydrogens is 434 g/mol. The number of anilines is 2. The van der Waals surface area contributed by atoms with Crippen LogP contribution in [0.2, 0.25) is 0 Å². The van der Waals surface area contributed by atoms with Gasteiger partial charge in [0.05, 0.1) is 30.7 Å². The monoisotopic (exact) mass is 461 g/mol. The minimum absolute atomic E-state index is 0.362. The molecule has 0 atom stereocenters. The van der Waals surface area contributed by atoms with Crippen molar-refractivity contribution in [3.63, 3.8) is 0 Å². The molecule has 1 aliphatic carbocycles. The van der Waals surface area contributed by atoms with Crippen LogP contribution in [0.3, 0.4) is 0 Å². The van der Waals surface area contributed by atoms with Crippen LogP contribution in [0.25, 0.3) is 27.9 Å². The summed E-state index contributed by atoms with van der Waals surface area (Å²) in [6, 6.07) is 7.99. The zero-order valence-electron chi connectivity index (χ0n) is 19.6. The molecule has 1 saturated carbocycles. The Morgan fingerprint density at radius 2 is 1.97 bits per heavy atom. The van der Waals surface area contributed by atoms with Gasteiger partial charge < -0.3 is 15.2 Å². The Morgan fingerprint density at radius 3 is 2.68 bits per heavy atom. The Balaban J connectivity index is 1.55. The zero-order valence-corrected chi connectivity index (χ0v) is 19.6. The SMILES string of the molecule is COc1cc(-c2cc(-c3cnn(C4CC4)c3)n3ncnc(N)c23)ccc1NC(=O)OC(C)(C)C. The highest BCUT2D eigenvalue weighted by Crippen LogP contribution is 2.39. The number of carbonyl (C=O) groups excluding carboxylic acids is 1. The molecule has 0 saturated heterocycles. The van der Waals surface area contributed by atoms with Crippen LogP contribution in [0.1, 0.15) is 39.7 Å². The molecule has 1 amide bonds. The van der Waals surface area contributed by atoms with Gasteiger partial charge in [-0.15, -0.1) is 0 Å². The van der Waals surface area contributed by atoms with Crippen molar-refractivity contribution in [3.8, 4) is 28.1 Å². The third-order valence-corrected chi connectivity index (χ3v) is 5.55. The van der Waals surface area contributed by atoms with E-state index >= 15 is 0 Å². The van der Waals surface area contributed by atoms with Gasteiger partial charge in [0.25, 0.3) is 0 Å². The molecule has 0 radical (unpaired) electrons. The van der Waals surface area contributed by atoms with Crippen LogP contribution in [-0.2, 0) is 4.74 Å². The fourth-order valence-corrected chi connectivity index (χ4v) is 3.88. The highest BCUT2D eigenvalue weighted by atomic mass is 16.6. The molecule has 1 fully saturated rings. The van der Waals surface area contributed by atoms with Crippen LogP contribution in [-0.4, -0.2) is 43.2 Å². The molecule has 5 rings (SSSR count). The first kappa shape index (κ1) is 21.7.